The molecule has 0 unspecified atom stereocenters. The van der Waals surface area contributed by atoms with Gasteiger partial charge in [0.25, 0.3) is 5.24 Å². The minimum absolute atomic E-state index is 0.132. The third-order valence-electron chi connectivity index (χ3n) is 4.63. The van der Waals surface area contributed by atoms with E-state index in [2.05, 4.69) is 4.57 Å². The number of nitrogens with zero attached hydrogens (tertiary/aromatic N) is 2. The summed E-state index contributed by atoms with van der Waals surface area (Å²) in [6.45, 7) is 1.08. The summed E-state index contributed by atoms with van der Waals surface area (Å²) in [5, 5.41) is 0.867. The van der Waals surface area contributed by atoms with Crippen LogP contribution in [0, 0.1) is 5.82 Å². The number of hydrogen-bond donors (Lipinski definition) is 0. The number of carbonyl (C=O) groups is 2. The number of amides is 2. The van der Waals surface area contributed by atoms with Crippen LogP contribution >= 0.6 is 11.8 Å². The second-order valence-corrected chi connectivity index (χ2v) is 7.20. The summed E-state index contributed by atoms with van der Waals surface area (Å²) < 4.78 is 15.2. The van der Waals surface area contributed by atoms with Gasteiger partial charge < -0.3 is 4.57 Å². The molecule has 1 fully saturated rings. The van der Waals surface area contributed by atoms with Gasteiger partial charge in [-0.15, -0.1) is 0 Å². The average molecular weight is 368 g/mol. The molecule has 0 spiro atoms. The number of rotatable bonds is 5. The number of imide groups is 1. The van der Waals surface area contributed by atoms with E-state index in [1.165, 1.54) is 17.0 Å². The van der Waals surface area contributed by atoms with Crippen LogP contribution in [-0.2, 0) is 24.3 Å². The molecule has 0 N–H and O–H groups in total. The van der Waals surface area contributed by atoms with Crippen LogP contribution < -0.4 is 0 Å². The van der Waals surface area contributed by atoms with Crippen molar-refractivity contribution in [1.29, 1.82) is 0 Å². The lowest BCUT2D eigenvalue weighted by Crippen LogP contribution is -2.27. The molecule has 0 bridgehead atoms. The summed E-state index contributed by atoms with van der Waals surface area (Å²) in [7, 11) is 0. The van der Waals surface area contributed by atoms with Crippen LogP contribution in [0.1, 0.15) is 11.1 Å². The van der Waals surface area contributed by atoms with Crippen LogP contribution in [0.4, 0.5) is 9.18 Å². The van der Waals surface area contributed by atoms with E-state index >= 15 is 0 Å². The zero-order valence-electron chi connectivity index (χ0n) is 14.0. The zero-order valence-corrected chi connectivity index (χ0v) is 14.8. The van der Waals surface area contributed by atoms with Crippen molar-refractivity contribution in [1.82, 2.24) is 9.47 Å². The summed E-state index contributed by atoms with van der Waals surface area (Å²) in [5.74, 6) is -0.130. The number of halogens is 1. The van der Waals surface area contributed by atoms with Crippen molar-refractivity contribution in [2.75, 3.05) is 5.75 Å². The van der Waals surface area contributed by atoms with Crippen LogP contribution in [0.2, 0.25) is 0 Å². The number of fused-ring (bicyclic) bond motifs is 1. The number of aromatic nitrogens is 1. The molecule has 1 aromatic heterocycles. The third kappa shape index (κ3) is 3.24. The fourth-order valence-electron chi connectivity index (χ4n) is 3.22. The molecule has 1 aliphatic heterocycles. The van der Waals surface area contributed by atoms with Gasteiger partial charge in [0, 0.05) is 23.6 Å². The molecule has 0 aliphatic carbocycles. The minimum atomic E-state index is -0.228. The van der Waals surface area contributed by atoms with E-state index in [0.717, 1.165) is 46.8 Å². The van der Waals surface area contributed by atoms with Gasteiger partial charge >= 0.3 is 0 Å². The first kappa shape index (κ1) is 16.8. The highest BCUT2D eigenvalue weighted by atomic mass is 32.2. The van der Waals surface area contributed by atoms with Crippen molar-refractivity contribution in [2.24, 2.45) is 0 Å². The van der Waals surface area contributed by atoms with E-state index in [1.54, 1.807) is 12.1 Å². The summed E-state index contributed by atoms with van der Waals surface area (Å²) in [5.41, 5.74) is 3.11. The second kappa shape index (κ2) is 6.96. The van der Waals surface area contributed by atoms with Gasteiger partial charge in [0.15, 0.2) is 0 Å². The van der Waals surface area contributed by atoms with Gasteiger partial charge in [-0.05, 0) is 41.8 Å². The molecule has 26 heavy (non-hydrogen) atoms. The quantitative estimate of drug-likeness (QED) is 0.677. The van der Waals surface area contributed by atoms with Crippen molar-refractivity contribution in [3.05, 3.63) is 71.7 Å². The molecule has 2 heterocycles. The largest absolute Gasteiger partial charge is 0.347 e. The molecule has 3 aromatic rings. The Bertz CT molecular complexity index is 965. The zero-order chi connectivity index (χ0) is 18.1. The van der Waals surface area contributed by atoms with Gasteiger partial charge in [-0.25, -0.2) is 4.39 Å². The van der Waals surface area contributed by atoms with Crippen LogP contribution in [-0.4, -0.2) is 26.4 Å². The number of hydrogen-bond acceptors (Lipinski definition) is 3. The Labute approximate surface area is 154 Å². The first-order chi connectivity index (χ1) is 12.6. The fraction of sp³-hybridized carbons (Fsp3) is 0.200. The Kier molecular flexibility index (Phi) is 4.51. The molecule has 4 rings (SSSR count). The highest BCUT2D eigenvalue weighted by Gasteiger charge is 2.30. The van der Waals surface area contributed by atoms with Crippen molar-refractivity contribution in [3.63, 3.8) is 0 Å². The molecule has 6 heteroatoms. The van der Waals surface area contributed by atoms with E-state index in [9.17, 15) is 14.0 Å². The van der Waals surface area contributed by atoms with Crippen LogP contribution in [0.3, 0.4) is 0 Å². The SMILES string of the molecule is O=C1CSC(=O)N1Cc1cccc2c1ccn2CCc1ccc(F)cc1. The van der Waals surface area contributed by atoms with Crippen LogP contribution in [0.15, 0.2) is 54.7 Å². The Balaban J connectivity index is 1.55. The molecule has 0 radical (unpaired) electrons. The highest BCUT2D eigenvalue weighted by molar-refractivity contribution is 8.14. The van der Waals surface area contributed by atoms with Gasteiger partial charge in [-0.2, -0.15) is 0 Å². The van der Waals surface area contributed by atoms with Gasteiger partial charge in [-0.1, -0.05) is 36.0 Å². The first-order valence-corrected chi connectivity index (χ1v) is 9.39. The Morgan fingerprint density at radius 1 is 1.04 bits per heavy atom. The van der Waals surface area contributed by atoms with Gasteiger partial charge in [-0.3, -0.25) is 14.5 Å². The molecular formula is C20H17FN2O2S. The van der Waals surface area contributed by atoms with E-state index in [4.69, 9.17) is 0 Å². The average Bonchev–Trinajstić information content (AvgIpc) is 3.20. The van der Waals surface area contributed by atoms with Crippen molar-refractivity contribution in [2.45, 2.75) is 19.5 Å². The Morgan fingerprint density at radius 2 is 1.85 bits per heavy atom. The van der Waals surface area contributed by atoms with Crippen molar-refractivity contribution >= 4 is 33.8 Å². The van der Waals surface area contributed by atoms with Crippen LogP contribution in [0.25, 0.3) is 10.9 Å². The second-order valence-electron chi connectivity index (χ2n) is 6.27. The molecule has 132 valence electrons. The molecule has 2 aromatic carbocycles. The predicted molar refractivity (Wildman–Crippen MR) is 100 cm³/mol. The van der Waals surface area contributed by atoms with Gasteiger partial charge in [0.2, 0.25) is 5.91 Å². The smallest absolute Gasteiger partial charge is 0.289 e. The minimum Gasteiger partial charge on any atom is -0.347 e. The number of benzene rings is 2. The van der Waals surface area contributed by atoms with Crippen LogP contribution in [0.5, 0.6) is 0 Å². The van der Waals surface area contributed by atoms with E-state index in [-0.39, 0.29) is 22.7 Å². The lowest BCUT2D eigenvalue weighted by atomic mass is 10.1. The maximum Gasteiger partial charge on any atom is 0.289 e. The highest BCUT2D eigenvalue weighted by Crippen LogP contribution is 2.26. The first-order valence-electron chi connectivity index (χ1n) is 8.40. The summed E-state index contributed by atoms with van der Waals surface area (Å²) >= 11 is 1.06. The molecular weight excluding hydrogens is 351 g/mol. The molecule has 0 saturated carbocycles. The molecule has 4 nitrogen and oxygen atoms in total. The maximum absolute atomic E-state index is 13.0. The Hall–Kier alpha value is -2.60. The third-order valence-corrected chi connectivity index (χ3v) is 5.49. The lowest BCUT2D eigenvalue weighted by molar-refractivity contribution is -0.124. The van der Waals surface area contributed by atoms with Gasteiger partial charge in [0.05, 0.1) is 12.3 Å². The Morgan fingerprint density at radius 3 is 2.58 bits per heavy atom. The summed E-state index contributed by atoms with van der Waals surface area (Å²) in [4.78, 5) is 25.0. The predicted octanol–water partition coefficient (Wildman–Crippen LogP) is 4.22. The molecule has 2 amide bonds. The standard InChI is InChI=1S/C20H17FN2O2S/c21-16-6-4-14(5-7-16)8-10-22-11-9-17-15(2-1-3-18(17)22)12-23-19(24)13-26-20(23)25/h1-7,9,11H,8,10,12-13H2. The summed E-state index contributed by atoms with van der Waals surface area (Å²) in [6.07, 6.45) is 2.81. The maximum atomic E-state index is 13.0. The number of aryl methyl sites for hydroxylation is 2. The van der Waals surface area contributed by atoms with Crippen molar-refractivity contribution in [3.8, 4) is 0 Å². The lowest BCUT2D eigenvalue weighted by Gasteiger charge is -2.14. The fourth-order valence-corrected chi connectivity index (χ4v) is 3.95. The topological polar surface area (TPSA) is 42.3 Å². The van der Waals surface area contributed by atoms with E-state index < -0.39 is 0 Å². The van der Waals surface area contributed by atoms with Crippen molar-refractivity contribution < 1.29 is 14.0 Å². The van der Waals surface area contributed by atoms with Gasteiger partial charge in [0.1, 0.15) is 5.82 Å². The normalized spacial score (nSPS) is 14.6. The molecule has 1 saturated heterocycles. The number of thioether (sulfide) groups is 1. The molecule has 1 aliphatic rings. The van der Waals surface area contributed by atoms with E-state index in [0.29, 0.717) is 6.54 Å². The molecule has 0 atom stereocenters. The van der Waals surface area contributed by atoms with E-state index in [1.807, 2.05) is 30.5 Å². The monoisotopic (exact) mass is 368 g/mol. The number of carbonyl (C=O) groups excluding carboxylic acids is 2. The summed E-state index contributed by atoms with van der Waals surface area (Å²) in [6, 6.07) is 14.5.